The quantitative estimate of drug-likeness (QED) is 0.567. The number of nitrogens with one attached hydrogen (secondary N) is 1. The summed E-state index contributed by atoms with van der Waals surface area (Å²) < 4.78 is 13.3. The fourth-order valence-electron chi connectivity index (χ4n) is 3.73. The first-order valence-electron chi connectivity index (χ1n) is 8.52. The molecule has 4 heteroatoms. The number of halogens is 1. The van der Waals surface area contributed by atoms with Crippen LogP contribution in [0.1, 0.15) is 37.7 Å². The van der Waals surface area contributed by atoms with Crippen molar-refractivity contribution in [3.05, 3.63) is 33.4 Å². The summed E-state index contributed by atoms with van der Waals surface area (Å²) >= 11 is 2.42. The molecule has 1 saturated carbocycles. The third-order valence-corrected chi connectivity index (χ3v) is 5.98. The van der Waals surface area contributed by atoms with Crippen molar-refractivity contribution in [2.75, 3.05) is 26.3 Å². The maximum Gasteiger partial charge on any atom is 0.171 e. The first-order chi connectivity index (χ1) is 10.8. The van der Waals surface area contributed by atoms with E-state index in [1.54, 1.807) is 0 Å². The van der Waals surface area contributed by atoms with Crippen molar-refractivity contribution in [1.29, 1.82) is 0 Å². The van der Waals surface area contributed by atoms with Gasteiger partial charge in [0.25, 0.3) is 0 Å². The van der Waals surface area contributed by atoms with E-state index in [1.807, 2.05) is 0 Å². The lowest BCUT2D eigenvalue weighted by Crippen LogP contribution is -2.43. The van der Waals surface area contributed by atoms with Crippen LogP contribution in [0.4, 0.5) is 0 Å². The zero-order chi connectivity index (χ0) is 15.3. The van der Waals surface area contributed by atoms with Gasteiger partial charge >= 0.3 is 0 Å². The number of rotatable bonds is 6. The van der Waals surface area contributed by atoms with Crippen molar-refractivity contribution in [3.8, 4) is 0 Å². The minimum Gasteiger partial charge on any atom is -0.347 e. The Morgan fingerprint density at radius 1 is 1.14 bits per heavy atom. The minimum atomic E-state index is -0.241. The first-order valence-corrected chi connectivity index (χ1v) is 9.60. The summed E-state index contributed by atoms with van der Waals surface area (Å²) in [7, 11) is 0. The summed E-state index contributed by atoms with van der Waals surface area (Å²) in [6, 6.07) is 8.62. The Kier molecular flexibility index (Phi) is 6.13. The maximum absolute atomic E-state index is 5.99. The second kappa shape index (κ2) is 8.08. The van der Waals surface area contributed by atoms with Gasteiger partial charge in [0.15, 0.2) is 5.79 Å². The Balaban J connectivity index is 1.40. The number of hydrogen-bond donors (Lipinski definition) is 1. The van der Waals surface area contributed by atoms with E-state index in [0.29, 0.717) is 5.92 Å². The molecule has 1 saturated heterocycles. The van der Waals surface area contributed by atoms with Crippen LogP contribution in [-0.2, 0) is 15.9 Å². The highest BCUT2D eigenvalue weighted by Gasteiger charge is 2.45. The molecule has 1 N–H and O–H groups in total. The van der Waals surface area contributed by atoms with Crippen molar-refractivity contribution in [3.63, 3.8) is 0 Å². The molecular formula is C18H26INO2. The van der Waals surface area contributed by atoms with Gasteiger partial charge in [-0.3, -0.25) is 0 Å². The van der Waals surface area contributed by atoms with Crippen LogP contribution < -0.4 is 5.32 Å². The van der Waals surface area contributed by atoms with Crippen LogP contribution >= 0.6 is 22.6 Å². The average Bonchev–Trinajstić information content (AvgIpc) is 3.00. The molecule has 1 aliphatic carbocycles. The standard InChI is InChI=1S/C18H26INO2/c19-17-7-2-1-5-15(17)8-11-20-12-9-16-6-3-4-10-18(16)21-13-14-22-18/h1-2,5,7,16,20H,3-4,6,8-14H2. The summed E-state index contributed by atoms with van der Waals surface area (Å²) in [6.45, 7) is 3.65. The molecule has 22 heavy (non-hydrogen) atoms. The molecule has 1 aromatic carbocycles. The summed E-state index contributed by atoms with van der Waals surface area (Å²) in [6.07, 6.45) is 7.16. The predicted octanol–water partition coefficient (Wildman–Crippen LogP) is 3.75. The minimum absolute atomic E-state index is 0.241. The Labute approximate surface area is 147 Å². The van der Waals surface area contributed by atoms with Crippen molar-refractivity contribution < 1.29 is 9.47 Å². The van der Waals surface area contributed by atoms with Crippen LogP contribution in [-0.4, -0.2) is 32.1 Å². The van der Waals surface area contributed by atoms with E-state index in [1.165, 1.54) is 28.4 Å². The molecule has 2 fully saturated rings. The molecule has 1 aromatic rings. The SMILES string of the molecule is Ic1ccccc1CCNCCC1CCCCC12OCCO2. The lowest BCUT2D eigenvalue weighted by Gasteiger charge is -2.39. The van der Waals surface area contributed by atoms with Crippen molar-refractivity contribution in [2.45, 2.75) is 44.3 Å². The van der Waals surface area contributed by atoms with Crippen molar-refractivity contribution in [2.24, 2.45) is 5.92 Å². The van der Waals surface area contributed by atoms with E-state index < -0.39 is 0 Å². The molecule has 0 radical (unpaired) electrons. The smallest absolute Gasteiger partial charge is 0.171 e. The molecule has 1 spiro atoms. The van der Waals surface area contributed by atoms with Crippen LogP contribution in [0, 0.1) is 9.49 Å². The lowest BCUT2D eigenvalue weighted by atomic mass is 9.81. The fourth-order valence-corrected chi connectivity index (χ4v) is 4.38. The summed E-state index contributed by atoms with van der Waals surface area (Å²) in [4.78, 5) is 0. The van der Waals surface area contributed by atoms with E-state index in [9.17, 15) is 0 Å². The first kappa shape index (κ1) is 16.7. The molecule has 1 unspecified atom stereocenters. The zero-order valence-electron chi connectivity index (χ0n) is 13.2. The Morgan fingerprint density at radius 3 is 2.77 bits per heavy atom. The molecule has 0 bridgehead atoms. The normalized spacial score (nSPS) is 24.0. The molecule has 2 aliphatic rings. The second-order valence-electron chi connectivity index (χ2n) is 6.33. The average molecular weight is 415 g/mol. The molecule has 0 amide bonds. The van der Waals surface area contributed by atoms with Gasteiger partial charge in [-0.15, -0.1) is 0 Å². The number of benzene rings is 1. The molecule has 1 atom stereocenters. The van der Waals surface area contributed by atoms with E-state index >= 15 is 0 Å². The highest BCUT2D eigenvalue weighted by Crippen LogP contribution is 2.41. The molecule has 3 nitrogen and oxygen atoms in total. The van der Waals surface area contributed by atoms with Crippen molar-refractivity contribution >= 4 is 22.6 Å². The molecule has 122 valence electrons. The lowest BCUT2D eigenvalue weighted by molar-refractivity contribution is -0.213. The van der Waals surface area contributed by atoms with Crippen molar-refractivity contribution in [1.82, 2.24) is 5.32 Å². The van der Waals surface area contributed by atoms with E-state index in [4.69, 9.17) is 9.47 Å². The third kappa shape index (κ3) is 4.02. The monoisotopic (exact) mass is 415 g/mol. The van der Waals surface area contributed by atoms with Gasteiger partial charge in [0.2, 0.25) is 0 Å². The van der Waals surface area contributed by atoms with Gasteiger partial charge in [0.1, 0.15) is 0 Å². The van der Waals surface area contributed by atoms with Crippen LogP contribution in [0.3, 0.4) is 0 Å². The molecular weight excluding hydrogens is 389 g/mol. The highest BCUT2D eigenvalue weighted by molar-refractivity contribution is 14.1. The van der Waals surface area contributed by atoms with Gasteiger partial charge in [-0.2, -0.15) is 0 Å². The van der Waals surface area contributed by atoms with Gasteiger partial charge in [-0.1, -0.05) is 24.6 Å². The molecule has 0 aromatic heterocycles. The van der Waals surface area contributed by atoms with E-state index in [-0.39, 0.29) is 5.79 Å². The van der Waals surface area contributed by atoms with E-state index in [2.05, 4.69) is 52.2 Å². The summed E-state index contributed by atoms with van der Waals surface area (Å²) in [5.41, 5.74) is 1.44. The predicted molar refractivity (Wildman–Crippen MR) is 96.9 cm³/mol. The van der Waals surface area contributed by atoms with E-state index in [0.717, 1.165) is 45.6 Å². The highest BCUT2D eigenvalue weighted by atomic mass is 127. The number of hydrogen-bond acceptors (Lipinski definition) is 3. The van der Waals surface area contributed by atoms with Crippen LogP contribution in [0.5, 0.6) is 0 Å². The Hall–Kier alpha value is -0.170. The molecule has 1 aliphatic heterocycles. The Bertz CT molecular complexity index is 474. The van der Waals surface area contributed by atoms with Gasteiger partial charge in [-0.05, 0) is 73.0 Å². The summed E-state index contributed by atoms with van der Waals surface area (Å²) in [5, 5.41) is 3.60. The third-order valence-electron chi connectivity index (χ3n) is 4.92. The van der Waals surface area contributed by atoms with Crippen LogP contribution in [0.15, 0.2) is 24.3 Å². The van der Waals surface area contributed by atoms with Crippen LogP contribution in [0.2, 0.25) is 0 Å². The van der Waals surface area contributed by atoms with Gasteiger partial charge in [0, 0.05) is 15.9 Å². The molecule has 1 heterocycles. The Morgan fingerprint density at radius 2 is 1.95 bits per heavy atom. The fraction of sp³-hybridized carbons (Fsp3) is 0.667. The summed E-state index contributed by atoms with van der Waals surface area (Å²) in [5.74, 6) is 0.322. The van der Waals surface area contributed by atoms with Gasteiger partial charge in [0.05, 0.1) is 13.2 Å². The second-order valence-corrected chi connectivity index (χ2v) is 7.49. The van der Waals surface area contributed by atoms with Crippen LogP contribution in [0.25, 0.3) is 0 Å². The van der Waals surface area contributed by atoms with Gasteiger partial charge < -0.3 is 14.8 Å². The maximum atomic E-state index is 5.99. The zero-order valence-corrected chi connectivity index (χ0v) is 15.3. The largest absolute Gasteiger partial charge is 0.347 e. The van der Waals surface area contributed by atoms with Gasteiger partial charge in [-0.25, -0.2) is 0 Å². The molecule has 3 rings (SSSR count). The topological polar surface area (TPSA) is 30.5 Å². The number of ether oxygens (including phenoxy) is 2.